The number of ether oxygens (including phenoxy) is 1. The van der Waals surface area contributed by atoms with Crippen molar-refractivity contribution in [1.82, 2.24) is 0 Å². The molecule has 2 heterocycles. The molecular formula is C11H11NO3. The van der Waals surface area contributed by atoms with Crippen molar-refractivity contribution in [2.24, 2.45) is 0 Å². The van der Waals surface area contributed by atoms with Gasteiger partial charge in [0.25, 0.3) is 0 Å². The fourth-order valence-corrected chi connectivity index (χ4v) is 1.55. The van der Waals surface area contributed by atoms with Crippen LogP contribution >= 0.6 is 0 Å². The number of hydrogen-bond acceptors (Lipinski definition) is 3. The molecular weight excluding hydrogens is 194 g/mol. The molecule has 0 radical (unpaired) electrons. The van der Waals surface area contributed by atoms with Crippen LogP contribution in [-0.4, -0.2) is 5.78 Å². The molecule has 2 rings (SSSR count). The number of aryl methyl sites for hydroxylation is 1. The van der Waals surface area contributed by atoms with E-state index in [1.54, 1.807) is 25.1 Å². The summed E-state index contributed by atoms with van der Waals surface area (Å²) < 4.78 is 6.05. The van der Waals surface area contributed by atoms with E-state index in [2.05, 4.69) is 0 Å². The maximum Gasteiger partial charge on any atom is 0.234 e. The first-order chi connectivity index (χ1) is 7.18. The van der Waals surface area contributed by atoms with Crippen molar-refractivity contribution < 1.29 is 14.3 Å². The lowest BCUT2D eigenvalue weighted by molar-refractivity contribution is -0.625. The summed E-state index contributed by atoms with van der Waals surface area (Å²) in [5, 5.41) is 11.7. The Hall–Kier alpha value is -1.84. The number of ketones is 1. The quantitative estimate of drug-likeness (QED) is 0.511. The van der Waals surface area contributed by atoms with Gasteiger partial charge in [-0.2, -0.15) is 4.73 Å². The predicted octanol–water partition coefficient (Wildman–Crippen LogP) is 1.17. The fourth-order valence-electron chi connectivity index (χ4n) is 1.55. The Morgan fingerprint density at radius 3 is 3.07 bits per heavy atom. The molecule has 1 aromatic rings. The number of pyridine rings is 1. The number of aromatic nitrogens is 1. The molecule has 0 aromatic carbocycles. The second kappa shape index (κ2) is 3.73. The molecule has 0 spiro atoms. The van der Waals surface area contributed by atoms with Crippen LogP contribution in [0.1, 0.15) is 23.9 Å². The van der Waals surface area contributed by atoms with Crippen molar-refractivity contribution in [3.8, 4) is 0 Å². The van der Waals surface area contributed by atoms with Gasteiger partial charge in [-0.1, -0.05) is 0 Å². The first-order valence-electron chi connectivity index (χ1n) is 4.72. The van der Waals surface area contributed by atoms with Crippen LogP contribution < -0.4 is 4.73 Å². The maximum atomic E-state index is 11.7. The molecule has 15 heavy (non-hydrogen) atoms. The second-order valence-corrected chi connectivity index (χ2v) is 3.48. The number of nitrogens with zero attached hydrogens (tertiary/aromatic N) is 1. The standard InChI is InChI=1S/C11H11NO3/c1-8-3-2-4-10(12(8)14)11-7-9(13)5-6-15-11/h2-6,11H,7H2,1H3/t11-/m0/s1. The second-order valence-electron chi connectivity index (χ2n) is 3.48. The molecule has 1 atom stereocenters. The molecule has 1 aliphatic heterocycles. The van der Waals surface area contributed by atoms with E-state index >= 15 is 0 Å². The van der Waals surface area contributed by atoms with Crippen LogP contribution in [0.15, 0.2) is 30.5 Å². The highest BCUT2D eigenvalue weighted by Gasteiger charge is 2.25. The van der Waals surface area contributed by atoms with E-state index < -0.39 is 6.10 Å². The van der Waals surface area contributed by atoms with Gasteiger partial charge in [0.15, 0.2) is 17.6 Å². The molecule has 0 aliphatic carbocycles. The van der Waals surface area contributed by atoms with E-state index in [4.69, 9.17) is 4.74 Å². The maximum absolute atomic E-state index is 11.7. The van der Waals surface area contributed by atoms with Crippen molar-refractivity contribution in [3.05, 3.63) is 47.1 Å². The molecule has 0 saturated carbocycles. The Bertz CT molecular complexity index is 426. The summed E-state index contributed by atoms with van der Waals surface area (Å²) >= 11 is 0. The topological polar surface area (TPSA) is 53.2 Å². The summed E-state index contributed by atoms with van der Waals surface area (Å²) in [5.74, 6) is -0.0206. The van der Waals surface area contributed by atoms with E-state index in [9.17, 15) is 10.0 Å². The molecule has 0 unspecified atom stereocenters. The number of carbonyl (C=O) groups excluding carboxylic acids is 1. The smallest absolute Gasteiger partial charge is 0.234 e. The minimum atomic E-state index is -0.458. The predicted molar refractivity (Wildman–Crippen MR) is 52.7 cm³/mol. The Labute approximate surface area is 87.4 Å². The van der Waals surface area contributed by atoms with Crippen molar-refractivity contribution in [1.29, 1.82) is 0 Å². The lowest BCUT2D eigenvalue weighted by Crippen LogP contribution is -2.37. The molecule has 78 valence electrons. The van der Waals surface area contributed by atoms with Gasteiger partial charge in [-0.3, -0.25) is 4.79 Å². The molecule has 4 heteroatoms. The Balaban J connectivity index is 2.34. The summed E-state index contributed by atoms with van der Waals surface area (Å²) in [6.45, 7) is 1.72. The molecule has 1 aromatic heterocycles. The lowest BCUT2D eigenvalue weighted by atomic mass is 10.1. The highest BCUT2D eigenvalue weighted by molar-refractivity contribution is 5.90. The minimum absolute atomic E-state index is 0.0206. The van der Waals surface area contributed by atoms with Crippen LogP contribution in [0.5, 0.6) is 0 Å². The van der Waals surface area contributed by atoms with Crippen LogP contribution in [0.25, 0.3) is 0 Å². The molecule has 0 saturated heterocycles. The van der Waals surface area contributed by atoms with Gasteiger partial charge in [-0.15, -0.1) is 0 Å². The summed E-state index contributed by atoms with van der Waals surface area (Å²) in [7, 11) is 0. The average molecular weight is 205 g/mol. The van der Waals surface area contributed by atoms with Gasteiger partial charge in [0.05, 0.1) is 12.7 Å². The Morgan fingerprint density at radius 2 is 2.33 bits per heavy atom. The Morgan fingerprint density at radius 1 is 1.53 bits per heavy atom. The van der Waals surface area contributed by atoms with Crippen molar-refractivity contribution in [2.75, 3.05) is 0 Å². The zero-order valence-electron chi connectivity index (χ0n) is 8.34. The van der Waals surface area contributed by atoms with Crippen LogP contribution in [0.2, 0.25) is 0 Å². The van der Waals surface area contributed by atoms with Crippen molar-refractivity contribution in [3.63, 3.8) is 0 Å². The van der Waals surface area contributed by atoms with Crippen LogP contribution in [0.4, 0.5) is 0 Å². The summed E-state index contributed by atoms with van der Waals surface area (Å²) in [5.41, 5.74) is 1.07. The third-order valence-electron chi connectivity index (χ3n) is 2.37. The van der Waals surface area contributed by atoms with Crippen LogP contribution in [-0.2, 0) is 9.53 Å². The minimum Gasteiger partial charge on any atom is -0.618 e. The van der Waals surface area contributed by atoms with Crippen LogP contribution in [0.3, 0.4) is 0 Å². The largest absolute Gasteiger partial charge is 0.618 e. The van der Waals surface area contributed by atoms with Gasteiger partial charge in [0.2, 0.25) is 5.69 Å². The van der Waals surface area contributed by atoms with Gasteiger partial charge < -0.3 is 9.94 Å². The fraction of sp³-hybridized carbons (Fsp3) is 0.273. The van der Waals surface area contributed by atoms with Gasteiger partial charge in [0.1, 0.15) is 0 Å². The van der Waals surface area contributed by atoms with E-state index in [1.165, 1.54) is 12.3 Å². The summed E-state index contributed by atoms with van der Waals surface area (Å²) in [6.07, 6.45) is 2.49. The SMILES string of the molecule is Cc1cccc([C@@H]2CC(=O)C=CO2)[n+]1[O-]. The number of rotatable bonds is 1. The lowest BCUT2D eigenvalue weighted by Gasteiger charge is -2.18. The third-order valence-corrected chi connectivity index (χ3v) is 2.37. The first-order valence-corrected chi connectivity index (χ1v) is 4.72. The van der Waals surface area contributed by atoms with Gasteiger partial charge >= 0.3 is 0 Å². The molecule has 0 fully saturated rings. The summed E-state index contributed by atoms with van der Waals surface area (Å²) in [6, 6.07) is 5.18. The van der Waals surface area contributed by atoms with Crippen molar-refractivity contribution in [2.45, 2.75) is 19.4 Å². The highest BCUT2D eigenvalue weighted by Crippen LogP contribution is 2.22. The van der Waals surface area contributed by atoms with Crippen LogP contribution in [0, 0.1) is 12.1 Å². The molecule has 0 N–H and O–H groups in total. The van der Waals surface area contributed by atoms with E-state index in [1.807, 2.05) is 0 Å². The zero-order chi connectivity index (χ0) is 10.8. The molecule has 4 nitrogen and oxygen atoms in total. The third kappa shape index (κ3) is 1.83. The molecule has 0 amide bonds. The Kier molecular flexibility index (Phi) is 2.41. The zero-order valence-corrected chi connectivity index (χ0v) is 8.34. The van der Waals surface area contributed by atoms with Crippen molar-refractivity contribution >= 4 is 5.78 Å². The van der Waals surface area contributed by atoms with E-state index in [-0.39, 0.29) is 12.2 Å². The molecule has 1 aliphatic rings. The number of hydrogen-bond donors (Lipinski definition) is 0. The van der Waals surface area contributed by atoms with Gasteiger partial charge in [-0.05, 0) is 6.07 Å². The average Bonchev–Trinajstić information content (AvgIpc) is 2.22. The monoisotopic (exact) mass is 205 g/mol. The highest BCUT2D eigenvalue weighted by atomic mass is 16.5. The number of allylic oxidation sites excluding steroid dienone is 1. The first kappa shape index (κ1) is 9.71. The molecule has 0 bridgehead atoms. The van der Waals surface area contributed by atoms with E-state index in [0.29, 0.717) is 11.4 Å². The van der Waals surface area contributed by atoms with Gasteiger partial charge in [-0.25, -0.2) is 0 Å². The van der Waals surface area contributed by atoms with E-state index in [0.717, 1.165) is 4.73 Å². The van der Waals surface area contributed by atoms with Gasteiger partial charge in [0, 0.05) is 25.1 Å². The summed E-state index contributed by atoms with van der Waals surface area (Å²) in [4.78, 5) is 11.2. The normalized spacial score (nSPS) is 20.1. The number of carbonyl (C=O) groups is 1.